The molecule has 0 bridgehead atoms. The predicted octanol–water partition coefficient (Wildman–Crippen LogP) is 1.79. The fourth-order valence-electron chi connectivity index (χ4n) is 2.10. The van der Waals surface area contributed by atoms with Crippen LogP contribution in [0.1, 0.15) is 15.9 Å². The number of hydrogen-bond acceptors (Lipinski definition) is 6. The van der Waals surface area contributed by atoms with Crippen LogP contribution in [-0.4, -0.2) is 38.7 Å². The Morgan fingerprint density at radius 1 is 1.08 bits per heavy atom. The van der Waals surface area contributed by atoms with E-state index in [1.54, 1.807) is 48.5 Å². The molecule has 1 aromatic heterocycles. The summed E-state index contributed by atoms with van der Waals surface area (Å²) < 4.78 is 6.47. The lowest BCUT2D eigenvalue weighted by atomic mass is 10.2. The van der Waals surface area contributed by atoms with E-state index in [4.69, 9.17) is 16.3 Å². The molecule has 8 nitrogen and oxygen atoms in total. The van der Waals surface area contributed by atoms with Crippen molar-refractivity contribution < 1.29 is 14.3 Å². The number of nitrogens with zero attached hydrogens (tertiary/aromatic N) is 4. The van der Waals surface area contributed by atoms with Crippen LogP contribution in [-0.2, 0) is 16.1 Å². The molecule has 9 heteroatoms. The highest BCUT2D eigenvalue weighted by Crippen LogP contribution is 2.10. The number of carbonyl (C=O) groups excluding carboxylic acids is 2. The summed E-state index contributed by atoms with van der Waals surface area (Å²) in [5.74, 6) is -0.978. The van der Waals surface area contributed by atoms with Gasteiger partial charge in [-0.1, -0.05) is 23.7 Å². The van der Waals surface area contributed by atoms with Crippen molar-refractivity contribution in [3.05, 3.63) is 71.0 Å². The Morgan fingerprint density at radius 3 is 2.46 bits per heavy atom. The van der Waals surface area contributed by atoms with Crippen LogP contribution >= 0.6 is 11.6 Å². The largest absolute Gasteiger partial charge is 0.452 e. The number of ether oxygens (including phenoxy) is 1. The molecule has 0 unspecified atom stereocenters. The molecule has 26 heavy (non-hydrogen) atoms. The first-order chi connectivity index (χ1) is 12.6. The van der Waals surface area contributed by atoms with Crippen LogP contribution < -0.4 is 5.32 Å². The molecule has 0 saturated heterocycles. The lowest BCUT2D eigenvalue weighted by Crippen LogP contribution is -2.28. The summed E-state index contributed by atoms with van der Waals surface area (Å²) in [5, 5.41) is 14.1. The molecule has 0 atom stereocenters. The van der Waals surface area contributed by atoms with Gasteiger partial charge in [-0.2, -0.15) is 0 Å². The van der Waals surface area contributed by atoms with Gasteiger partial charge in [-0.15, -0.1) is 5.10 Å². The molecule has 0 spiro atoms. The van der Waals surface area contributed by atoms with Crippen molar-refractivity contribution in [3.8, 4) is 5.69 Å². The van der Waals surface area contributed by atoms with E-state index >= 15 is 0 Å². The first kappa shape index (κ1) is 17.6. The van der Waals surface area contributed by atoms with Crippen molar-refractivity contribution in [2.24, 2.45) is 0 Å². The monoisotopic (exact) mass is 371 g/mol. The SMILES string of the molecule is O=C(COC(=O)c1ccc(-n2cnnn2)cc1)NCc1ccc(Cl)cc1. The van der Waals surface area contributed by atoms with E-state index < -0.39 is 11.9 Å². The molecule has 3 aromatic rings. The van der Waals surface area contributed by atoms with Crippen molar-refractivity contribution in [1.82, 2.24) is 25.5 Å². The van der Waals surface area contributed by atoms with Crippen LogP contribution in [0, 0.1) is 0 Å². The number of carbonyl (C=O) groups is 2. The highest BCUT2D eigenvalue weighted by molar-refractivity contribution is 6.30. The second-order valence-electron chi connectivity index (χ2n) is 5.28. The number of halogens is 1. The molecule has 1 N–H and O–H groups in total. The number of amides is 1. The second kappa shape index (κ2) is 8.21. The van der Waals surface area contributed by atoms with Gasteiger partial charge in [0.2, 0.25) is 0 Å². The lowest BCUT2D eigenvalue weighted by molar-refractivity contribution is -0.124. The molecular weight excluding hydrogens is 358 g/mol. The Hall–Kier alpha value is -3.26. The average Bonchev–Trinajstić information content (AvgIpc) is 3.20. The molecule has 1 amide bonds. The van der Waals surface area contributed by atoms with E-state index in [1.165, 1.54) is 11.0 Å². The third-order valence-electron chi connectivity index (χ3n) is 3.45. The van der Waals surface area contributed by atoms with E-state index in [0.717, 1.165) is 5.56 Å². The molecule has 3 rings (SSSR count). The number of rotatable bonds is 6. The van der Waals surface area contributed by atoms with Crippen LogP contribution in [0.25, 0.3) is 5.69 Å². The van der Waals surface area contributed by atoms with Gasteiger partial charge in [0.15, 0.2) is 6.61 Å². The highest BCUT2D eigenvalue weighted by atomic mass is 35.5. The third-order valence-corrected chi connectivity index (χ3v) is 3.71. The first-order valence-corrected chi connectivity index (χ1v) is 8.01. The van der Waals surface area contributed by atoms with Crippen LogP contribution in [0.3, 0.4) is 0 Å². The smallest absolute Gasteiger partial charge is 0.338 e. The lowest BCUT2D eigenvalue weighted by Gasteiger charge is -2.07. The Kier molecular flexibility index (Phi) is 5.55. The normalized spacial score (nSPS) is 10.3. The molecular formula is C17H14ClN5O3. The second-order valence-corrected chi connectivity index (χ2v) is 5.72. The number of nitrogens with one attached hydrogen (secondary N) is 1. The van der Waals surface area contributed by atoms with Crippen LogP contribution in [0.4, 0.5) is 0 Å². The van der Waals surface area contributed by atoms with Crippen molar-refractivity contribution in [1.29, 1.82) is 0 Å². The molecule has 132 valence electrons. The minimum absolute atomic E-state index is 0.326. The van der Waals surface area contributed by atoms with Gasteiger partial charge in [-0.05, 0) is 52.4 Å². The number of tetrazole rings is 1. The van der Waals surface area contributed by atoms with Crippen LogP contribution in [0.5, 0.6) is 0 Å². The number of benzene rings is 2. The van der Waals surface area contributed by atoms with Gasteiger partial charge in [0.1, 0.15) is 6.33 Å². The predicted molar refractivity (Wildman–Crippen MR) is 92.7 cm³/mol. The number of aromatic nitrogens is 4. The Balaban J connectivity index is 1.47. The van der Waals surface area contributed by atoms with Crippen molar-refractivity contribution in [2.75, 3.05) is 6.61 Å². The summed E-state index contributed by atoms with van der Waals surface area (Å²) in [7, 11) is 0. The van der Waals surface area contributed by atoms with Gasteiger partial charge in [-0.3, -0.25) is 4.79 Å². The summed E-state index contributed by atoms with van der Waals surface area (Å²) in [6.07, 6.45) is 1.44. The van der Waals surface area contributed by atoms with E-state index in [2.05, 4.69) is 20.8 Å². The summed E-state index contributed by atoms with van der Waals surface area (Å²) in [5.41, 5.74) is 1.92. The molecule has 0 radical (unpaired) electrons. The first-order valence-electron chi connectivity index (χ1n) is 7.63. The van der Waals surface area contributed by atoms with Crippen molar-refractivity contribution >= 4 is 23.5 Å². The van der Waals surface area contributed by atoms with E-state index in [-0.39, 0.29) is 6.61 Å². The summed E-state index contributed by atoms with van der Waals surface area (Å²) in [4.78, 5) is 23.8. The fraction of sp³-hybridized carbons (Fsp3) is 0.118. The van der Waals surface area contributed by atoms with E-state index in [0.29, 0.717) is 22.8 Å². The van der Waals surface area contributed by atoms with Gasteiger partial charge in [0.25, 0.3) is 5.91 Å². The third kappa shape index (κ3) is 4.64. The fourth-order valence-corrected chi connectivity index (χ4v) is 2.22. The zero-order valence-corrected chi connectivity index (χ0v) is 14.3. The Morgan fingerprint density at radius 2 is 1.81 bits per heavy atom. The molecule has 0 saturated carbocycles. The molecule has 1 heterocycles. The van der Waals surface area contributed by atoms with Gasteiger partial charge in [-0.25, -0.2) is 9.48 Å². The molecule has 0 fully saturated rings. The summed E-state index contributed by atoms with van der Waals surface area (Å²) in [6.45, 7) is -0.0324. The summed E-state index contributed by atoms with van der Waals surface area (Å²) in [6, 6.07) is 13.6. The Bertz CT molecular complexity index is 880. The highest BCUT2D eigenvalue weighted by Gasteiger charge is 2.10. The van der Waals surface area contributed by atoms with E-state index in [1.807, 2.05) is 0 Å². The maximum atomic E-state index is 12.0. The van der Waals surface area contributed by atoms with E-state index in [9.17, 15) is 9.59 Å². The standard InChI is InChI=1S/C17H14ClN5O3/c18-14-5-1-12(2-6-14)9-19-16(24)10-26-17(25)13-3-7-15(8-4-13)23-11-20-21-22-23/h1-8,11H,9-10H2,(H,19,24). The van der Waals surface area contributed by atoms with Gasteiger partial charge >= 0.3 is 5.97 Å². The number of hydrogen-bond donors (Lipinski definition) is 1. The Labute approximate surface area is 153 Å². The zero-order valence-electron chi connectivity index (χ0n) is 13.5. The van der Waals surface area contributed by atoms with Gasteiger partial charge in [0.05, 0.1) is 11.3 Å². The van der Waals surface area contributed by atoms with Crippen molar-refractivity contribution in [3.63, 3.8) is 0 Å². The minimum Gasteiger partial charge on any atom is -0.452 e. The van der Waals surface area contributed by atoms with Crippen molar-refractivity contribution in [2.45, 2.75) is 6.54 Å². The molecule has 0 aliphatic heterocycles. The number of esters is 1. The molecule has 2 aromatic carbocycles. The van der Waals surface area contributed by atoms with Crippen LogP contribution in [0.15, 0.2) is 54.9 Å². The summed E-state index contributed by atoms with van der Waals surface area (Å²) >= 11 is 5.80. The topological polar surface area (TPSA) is 99.0 Å². The quantitative estimate of drug-likeness (QED) is 0.663. The zero-order chi connectivity index (χ0) is 18.4. The maximum Gasteiger partial charge on any atom is 0.338 e. The molecule has 0 aliphatic carbocycles. The molecule has 0 aliphatic rings. The maximum absolute atomic E-state index is 12.0. The van der Waals surface area contributed by atoms with Crippen LogP contribution in [0.2, 0.25) is 5.02 Å². The van der Waals surface area contributed by atoms with Gasteiger partial charge in [0, 0.05) is 11.6 Å². The average molecular weight is 372 g/mol. The minimum atomic E-state index is -0.588. The van der Waals surface area contributed by atoms with Gasteiger partial charge < -0.3 is 10.1 Å².